The number of hydrogen-bond donors (Lipinski definition) is 1. The molecule has 4 rings (SSSR count). The Balaban J connectivity index is 1.38. The first-order valence-corrected chi connectivity index (χ1v) is 11.5. The average molecular weight is 425 g/mol. The van der Waals surface area contributed by atoms with Crippen LogP contribution in [0, 0.1) is 5.92 Å². The van der Waals surface area contributed by atoms with Crippen LogP contribution in [-0.4, -0.2) is 28.5 Å². The molecule has 0 radical (unpaired) electrons. The third kappa shape index (κ3) is 4.59. The number of benzene rings is 2. The van der Waals surface area contributed by atoms with E-state index in [4.69, 9.17) is 0 Å². The highest BCUT2D eigenvalue weighted by atomic mass is 32.2. The van der Waals surface area contributed by atoms with Crippen molar-refractivity contribution in [1.82, 2.24) is 19.5 Å². The van der Waals surface area contributed by atoms with Crippen molar-refractivity contribution in [2.45, 2.75) is 43.5 Å². The molecule has 1 N–H and O–H groups in total. The van der Waals surface area contributed by atoms with Gasteiger partial charge in [0.15, 0.2) is 5.82 Å². The molecule has 0 saturated heterocycles. The Kier molecular flexibility index (Phi) is 5.94. The summed E-state index contributed by atoms with van der Waals surface area (Å²) < 4.78 is 26.5. The highest BCUT2D eigenvalue weighted by Crippen LogP contribution is 2.30. The van der Waals surface area contributed by atoms with Crippen LogP contribution in [0.15, 0.2) is 65.8 Å². The molecule has 0 spiro atoms. The quantitative estimate of drug-likeness (QED) is 0.598. The highest BCUT2D eigenvalue weighted by Gasteiger charge is 2.20. The second-order valence-corrected chi connectivity index (χ2v) is 9.36. The minimum absolute atomic E-state index is 0.0367. The Labute approximate surface area is 176 Å². The van der Waals surface area contributed by atoms with Crippen LogP contribution in [0.5, 0.6) is 0 Å². The van der Waals surface area contributed by atoms with Gasteiger partial charge in [-0.15, -0.1) is 9.19 Å². The number of rotatable bonds is 8. The van der Waals surface area contributed by atoms with Gasteiger partial charge in [0.25, 0.3) is 10.0 Å². The summed E-state index contributed by atoms with van der Waals surface area (Å²) in [5.41, 5.74) is 1.59. The van der Waals surface area contributed by atoms with E-state index in [2.05, 4.69) is 15.4 Å². The largest absolute Gasteiger partial charge is 0.352 e. The van der Waals surface area contributed by atoms with Gasteiger partial charge in [-0.3, -0.25) is 4.79 Å². The second kappa shape index (κ2) is 8.79. The van der Waals surface area contributed by atoms with Crippen molar-refractivity contribution in [3.8, 4) is 11.4 Å². The van der Waals surface area contributed by atoms with Gasteiger partial charge in [0.2, 0.25) is 5.91 Å². The van der Waals surface area contributed by atoms with Crippen LogP contribution in [0.25, 0.3) is 11.4 Å². The van der Waals surface area contributed by atoms with Gasteiger partial charge in [0, 0.05) is 18.5 Å². The van der Waals surface area contributed by atoms with Gasteiger partial charge in [-0.25, -0.2) is 4.98 Å². The minimum Gasteiger partial charge on any atom is -0.352 e. The lowest BCUT2D eigenvalue weighted by Crippen LogP contribution is -2.24. The molecule has 1 amide bonds. The van der Waals surface area contributed by atoms with E-state index >= 15 is 0 Å². The van der Waals surface area contributed by atoms with E-state index < -0.39 is 10.0 Å². The third-order valence-corrected chi connectivity index (χ3v) is 7.00. The van der Waals surface area contributed by atoms with E-state index in [1.807, 2.05) is 30.3 Å². The van der Waals surface area contributed by atoms with Gasteiger partial charge in [-0.05, 0) is 30.0 Å². The summed E-state index contributed by atoms with van der Waals surface area (Å²) >= 11 is 0. The van der Waals surface area contributed by atoms with E-state index in [-0.39, 0.29) is 10.8 Å². The fourth-order valence-electron chi connectivity index (χ4n) is 3.38. The SMILES string of the molecule is O=C(CCC1CCC1)NCc1ccc(S(=O)(=O)n2cnc(-c3ccccc3)n2)cc1. The van der Waals surface area contributed by atoms with Gasteiger partial charge in [-0.1, -0.05) is 61.7 Å². The highest BCUT2D eigenvalue weighted by molar-refractivity contribution is 7.89. The summed E-state index contributed by atoms with van der Waals surface area (Å²) in [4.78, 5) is 16.2. The van der Waals surface area contributed by atoms with E-state index in [1.54, 1.807) is 12.1 Å². The van der Waals surface area contributed by atoms with Gasteiger partial charge < -0.3 is 5.32 Å². The topological polar surface area (TPSA) is 94.0 Å². The van der Waals surface area contributed by atoms with Crippen molar-refractivity contribution in [2.24, 2.45) is 5.92 Å². The fraction of sp³-hybridized carbons (Fsp3) is 0.318. The predicted molar refractivity (Wildman–Crippen MR) is 113 cm³/mol. The van der Waals surface area contributed by atoms with Crippen molar-refractivity contribution in [3.63, 3.8) is 0 Å². The summed E-state index contributed by atoms with van der Waals surface area (Å²) in [6.07, 6.45) is 6.46. The lowest BCUT2D eigenvalue weighted by Gasteiger charge is -2.24. The van der Waals surface area contributed by atoms with Crippen LogP contribution < -0.4 is 5.32 Å². The molecule has 3 aromatic rings. The summed E-state index contributed by atoms with van der Waals surface area (Å²) in [6.45, 7) is 0.380. The van der Waals surface area contributed by atoms with Crippen LogP contribution in [-0.2, 0) is 21.4 Å². The van der Waals surface area contributed by atoms with Gasteiger partial charge >= 0.3 is 0 Å². The fourth-order valence-corrected chi connectivity index (χ4v) is 4.43. The molecule has 0 bridgehead atoms. The molecule has 30 heavy (non-hydrogen) atoms. The maximum absolute atomic E-state index is 12.8. The minimum atomic E-state index is -3.83. The smallest absolute Gasteiger partial charge is 0.284 e. The number of hydrogen-bond acceptors (Lipinski definition) is 5. The van der Waals surface area contributed by atoms with Gasteiger partial charge in [0.1, 0.15) is 6.33 Å². The Morgan fingerprint density at radius 3 is 2.47 bits per heavy atom. The van der Waals surface area contributed by atoms with Gasteiger partial charge in [-0.2, -0.15) is 8.42 Å². The number of amides is 1. The molecular weight excluding hydrogens is 400 g/mol. The lowest BCUT2D eigenvalue weighted by atomic mass is 9.82. The van der Waals surface area contributed by atoms with Crippen molar-refractivity contribution < 1.29 is 13.2 Å². The second-order valence-electron chi connectivity index (χ2n) is 7.57. The molecule has 0 unspecified atom stereocenters. The molecule has 1 saturated carbocycles. The molecule has 2 aromatic carbocycles. The first-order valence-electron chi connectivity index (χ1n) is 10.1. The Bertz CT molecular complexity index is 1100. The van der Waals surface area contributed by atoms with E-state index in [0.717, 1.165) is 21.6 Å². The molecule has 156 valence electrons. The van der Waals surface area contributed by atoms with E-state index in [1.165, 1.54) is 37.7 Å². The van der Waals surface area contributed by atoms with Crippen LogP contribution in [0.4, 0.5) is 0 Å². The molecule has 0 atom stereocenters. The zero-order chi connectivity index (χ0) is 21.0. The normalized spacial score (nSPS) is 14.3. The van der Waals surface area contributed by atoms with Gasteiger partial charge in [0.05, 0.1) is 4.90 Å². The summed E-state index contributed by atoms with van der Waals surface area (Å²) in [6, 6.07) is 15.6. The molecule has 7 nitrogen and oxygen atoms in total. The zero-order valence-electron chi connectivity index (χ0n) is 16.6. The Morgan fingerprint density at radius 1 is 1.07 bits per heavy atom. The van der Waals surface area contributed by atoms with Crippen molar-refractivity contribution in [2.75, 3.05) is 0 Å². The van der Waals surface area contributed by atoms with Crippen LogP contribution in [0.1, 0.15) is 37.7 Å². The average Bonchev–Trinajstić information content (AvgIpc) is 3.23. The maximum Gasteiger partial charge on any atom is 0.284 e. The number of carbonyl (C=O) groups is 1. The first-order chi connectivity index (χ1) is 14.5. The Hall–Kier alpha value is -3.00. The predicted octanol–water partition coefficient (Wildman–Crippen LogP) is 3.38. The number of nitrogens with one attached hydrogen (secondary N) is 1. The van der Waals surface area contributed by atoms with E-state index in [0.29, 0.717) is 24.7 Å². The molecule has 1 fully saturated rings. The molecule has 1 aliphatic carbocycles. The zero-order valence-corrected chi connectivity index (χ0v) is 17.4. The standard InChI is InChI=1S/C22H24N4O3S/c27-21(14-11-17-5-4-6-17)23-15-18-9-12-20(13-10-18)30(28,29)26-16-24-22(25-26)19-7-2-1-3-8-19/h1-3,7-10,12-13,16-17H,4-6,11,14-15H2,(H,23,27). The molecule has 1 aliphatic rings. The lowest BCUT2D eigenvalue weighted by molar-refractivity contribution is -0.121. The number of carbonyl (C=O) groups excluding carboxylic acids is 1. The molecule has 1 heterocycles. The molecule has 0 aliphatic heterocycles. The Morgan fingerprint density at radius 2 is 1.80 bits per heavy atom. The van der Waals surface area contributed by atoms with E-state index in [9.17, 15) is 13.2 Å². The summed E-state index contributed by atoms with van der Waals surface area (Å²) in [5, 5.41) is 7.02. The first kappa shape index (κ1) is 20.3. The van der Waals surface area contributed by atoms with Crippen molar-refractivity contribution in [1.29, 1.82) is 0 Å². The van der Waals surface area contributed by atoms with Crippen LogP contribution >= 0.6 is 0 Å². The molecule has 1 aromatic heterocycles. The molecule has 8 heteroatoms. The number of nitrogens with zero attached hydrogens (tertiary/aromatic N) is 3. The number of aromatic nitrogens is 3. The molecular formula is C22H24N4O3S. The van der Waals surface area contributed by atoms with Crippen LogP contribution in [0.2, 0.25) is 0 Å². The summed E-state index contributed by atoms with van der Waals surface area (Å²) in [5.74, 6) is 1.09. The van der Waals surface area contributed by atoms with Crippen LogP contribution in [0.3, 0.4) is 0 Å². The van der Waals surface area contributed by atoms with Crippen molar-refractivity contribution >= 4 is 15.9 Å². The van der Waals surface area contributed by atoms with Crippen molar-refractivity contribution in [3.05, 3.63) is 66.5 Å². The summed E-state index contributed by atoms with van der Waals surface area (Å²) in [7, 11) is -3.83. The maximum atomic E-state index is 12.8. The monoisotopic (exact) mass is 424 g/mol. The third-order valence-electron chi connectivity index (χ3n) is 5.47.